The molecule has 1 aliphatic carbocycles. The van der Waals surface area contributed by atoms with Gasteiger partial charge in [0.1, 0.15) is 0 Å². The van der Waals surface area contributed by atoms with Crippen LogP contribution in [0, 0.1) is 16.7 Å². The molecule has 1 saturated carbocycles. The van der Waals surface area contributed by atoms with Crippen LogP contribution >= 0.6 is 23.2 Å². The predicted molar refractivity (Wildman–Crippen MR) is 74.8 cm³/mol. The van der Waals surface area contributed by atoms with Gasteiger partial charge in [-0.3, -0.25) is 0 Å². The minimum absolute atomic E-state index is 0.172. The summed E-state index contributed by atoms with van der Waals surface area (Å²) >= 11 is 12.1. The normalized spacial score (nSPS) is 18.1. The summed E-state index contributed by atoms with van der Waals surface area (Å²) in [6.07, 6.45) is 2.93. The molecule has 4 heteroatoms. The maximum absolute atomic E-state index is 8.79. The fourth-order valence-electron chi connectivity index (χ4n) is 2.09. The fourth-order valence-corrected chi connectivity index (χ4v) is 2.66. The third-order valence-corrected chi connectivity index (χ3v) is 4.19. The molecule has 96 valence electrons. The number of hydrogen-bond donors (Lipinski definition) is 1. The number of benzene rings is 1. The summed E-state index contributed by atoms with van der Waals surface area (Å²) in [6, 6.07) is 8.01. The van der Waals surface area contributed by atoms with Gasteiger partial charge in [0.25, 0.3) is 0 Å². The molecule has 1 aliphatic rings. The molecule has 0 spiro atoms. The zero-order valence-electron chi connectivity index (χ0n) is 10.3. The van der Waals surface area contributed by atoms with Crippen molar-refractivity contribution in [3.8, 4) is 6.07 Å². The number of hydrogen-bond acceptors (Lipinski definition) is 2. The topological polar surface area (TPSA) is 35.8 Å². The van der Waals surface area contributed by atoms with Crippen LogP contribution in [0.25, 0.3) is 0 Å². The van der Waals surface area contributed by atoms with Crippen molar-refractivity contribution in [2.75, 3.05) is 6.54 Å². The summed E-state index contributed by atoms with van der Waals surface area (Å²) in [6.45, 7) is 2.96. The standard InChI is InChI=1S/C14H16Cl2N2/c1-10(12-3-2-11(15)8-13(12)16)18-9-14(4-5-14)6-7-17/h2-3,8,10,18H,4-6,9H2,1H3. The minimum atomic E-state index is 0.172. The highest BCUT2D eigenvalue weighted by Gasteiger charge is 2.42. The van der Waals surface area contributed by atoms with Crippen LogP contribution in [0.5, 0.6) is 0 Å². The van der Waals surface area contributed by atoms with E-state index in [0.29, 0.717) is 16.5 Å². The Morgan fingerprint density at radius 2 is 2.17 bits per heavy atom. The Morgan fingerprint density at radius 3 is 2.72 bits per heavy atom. The number of nitrogens with zero attached hydrogens (tertiary/aromatic N) is 1. The number of nitriles is 1. The molecule has 1 fully saturated rings. The van der Waals surface area contributed by atoms with Crippen molar-refractivity contribution < 1.29 is 0 Å². The van der Waals surface area contributed by atoms with Gasteiger partial charge in [-0.1, -0.05) is 29.3 Å². The van der Waals surface area contributed by atoms with Gasteiger partial charge in [0, 0.05) is 29.1 Å². The summed E-state index contributed by atoms with van der Waals surface area (Å²) in [5.41, 5.74) is 1.26. The van der Waals surface area contributed by atoms with Crippen LogP contribution in [0.15, 0.2) is 18.2 Å². The Morgan fingerprint density at radius 1 is 1.44 bits per heavy atom. The highest BCUT2D eigenvalue weighted by atomic mass is 35.5. The van der Waals surface area contributed by atoms with E-state index in [0.717, 1.165) is 24.9 Å². The SMILES string of the molecule is CC(NCC1(CC#N)CC1)c1ccc(Cl)cc1Cl. The lowest BCUT2D eigenvalue weighted by Crippen LogP contribution is -2.26. The number of rotatable bonds is 5. The largest absolute Gasteiger partial charge is 0.310 e. The van der Waals surface area contributed by atoms with Crippen LogP contribution in [-0.2, 0) is 0 Å². The molecular weight excluding hydrogens is 267 g/mol. The Kier molecular flexibility index (Phi) is 4.17. The predicted octanol–water partition coefficient (Wildman–Crippen LogP) is 4.34. The van der Waals surface area contributed by atoms with Gasteiger partial charge in [0.2, 0.25) is 0 Å². The van der Waals surface area contributed by atoms with Crippen LogP contribution in [0.2, 0.25) is 10.0 Å². The van der Waals surface area contributed by atoms with Crippen molar-refractivity contribution in [1.29, 1.82) is 5.26 Å². The summed E-state index contributed by atoms with van der Waals surface area (Å²) in [5, 5.41) is 13.6. The van der Waals surface area contributed by atoms with E-state index in [-0.39, 0.29) is 11.5 Å². The van der Waals surface area contributed by atoms with Gasteiger partial charge in [-0.05, 0) is 42.9 Å². The zero-order valence-corrected chi connectivity index (χ0v) is 11.9. The van der Waals surface area contributed by atoms with E-state index in [2.05, 4.69) is 18.3 Å². The monoisotopic (exact) mass is 282 g/mol. The van der Waals surface area contributed by atoms with E-state index >= 15 is 0 Å². The zero-order chi connectivity index (χ0) is 13.2. The molecule has 0 amide bonds. The molecule has 1 N–H and O–H groups in total. The molecule has 0 heterocycles. The number of halogens is 2. The van der Waals surface area contributed by atoms with Crippen molar-refractivity contribution >= 4 is 23.2 Å². The smallest absolute Gasteiger partial charge is 0.0628 e. The lowest BCUT2D eigenvalue weighted by atomic mass is 10.0. The highest BCUT2D eigenvalue weighted by Crippen LogP contribution is 2.48. The summed E-state index contributed by atoms with van der Waals surface area (Å²) in [4.78, 5) is 0. The van der Waals surface area contributed by atoms with Gasteiger partial charge in [0.15, 0.2) is 0 Å². The van der Waals surface area contributed by atoms with E-state index in [1.165, 1.54) is 0 Å². The lowest BCUT2D eigenvalue weighted by Gasteiger charge is -2.19. The van der Waals surface area contributed by atoms with E-state index in [4.69, 9.17) is 28.5 Å². The van der Waals surface area contributed by atoms with E-state index in [1.54, 1.807) is 6.07 Å². The second kappa shape index (κ2) is 5.48. The Labute approximate surface area is 118 Å². The molecular formula is C14H16Cl2N2. The van der Waals surface area contributed by atoms with Crippen molar-refractivity contribution in [1.82, 2.24) is 5.32 Å². The quantitative estimate of drug-likeness (QED) is 0.872. The average Bonchev–Trinajstić information content (AvgIpc) is 3.07. The van der Waals surface area contributed by atoms with Crippen LogP contribution < -0.4 is 5.32 Å². The van der Waals surface area contributed by atoms with E-state index in [9.17, 15) is 0 Å². The van der Waals surface area contributed by atoms with Crippen LogP contribution in [0.1, 0.15) is 37.8 Å². The molecule has 1 aromatic rings. The van der Waals surface area contributed by atoms with Crippen molar-refractivity contribution in [3.63, 3.8) is 0 Å². The van der Waals surface area contributed by atoms with Crippen molar-refractivity contribution in [2.24, 2.45) is 5.41 Å². The maximum Gasteiger partial charge on any atom is 0.0628 e. The molecule has 1 atom stereocenters. The van der Waals surface area contributed by atoms with Gasteiger partial charge in [-0.2, -0.15) is 5.26 Å². The van der Waals surface area contributed by atoms with Gasteiger partial charge >= 0.3 is 0 Å². The fraction of sp³-hybridized carbons (Fsp3) is 0.500. The van der Waals surface area contributed by atoms with Gasteiger partial charge in [0.05, 0.1) is 6.07 Å². The van der Waals surface area contributed by atoms with Crippen molar-refractivity contribution in [3.05, 3.63) is 33.8 Å². The molecule has 0 radical (unpaired) electrons. The highest BCUT2D eigenvalue weighted by molar-refractivity contribution is 6.35. The first-order chi connectivity index (χ1) is 8.56. The summed E-state index contributed by atoms with van der Waals surface area (Å²) < 4.78 is 0. The Balaban J connectivity index is 1.96. The molecule has 0 aliphatic heterocycles. The third-order valence-electron chi connectivity index (χ3n) is 3.62. The summed E-state index contributed by atoms with van der Waals surface area (Å²) in [7, 11) is 0. The average molecular weight is 283 g/mol. The van der Waals surface area contributed by atoms with Crippen LogP contribution in [0.4, 0.5) is 0 Å². The van der Waals surface area contributed by atoms with Crippen LogP contribution in [-0.4, -0.2) is 6.54 Å². The van der Waals surface area contributed by atoms with Gasteiger partial charge in [-0.25, -0.2) is 0 Å². The molecule has 1 unspecified atom stereocenters. The van der Waals surface area contributed by atoms with E-state index < -0.39 is 0 Å². The molecule has 2 nitrogen and oxygen atoms in total. The first-order valence-corrected chi connectivity index (χ1v) is 6.87. The Bertz CT molecular complexity index is 475. The molecule has 0 bridgehead atoms. The molecule has 2 rings (SSSR count). The van der Waals surface area contributed by atoms with Crippen molar-refractivity contribution in [2.45, 2.75) is 32.2 Å². The minimum Gasteiger partial charge on any atom is -0.310 e. The van der Waals surface area contributed by atoms with E-state index in [1.807, 2.05) is 12.1 Å². The molecule has 0 aromatic heterocycles. The van der Waals surface area contributed by atoms with Gasteiger partial charge in [-0.15, -0.1) is 0 Å². The lowest BCUT2D eigenvalue weighted by molar-refractivity contribution is 0.433. The maximum atomic E-state index is 8.79. The second-order valence-electron chi connectivity index (χ2n) is 5.10. The van der Waals surface area contributed by atoms with Gasteiger partial charge < -0.3 is 5.32 Å². The first-order valence-electron chi connectivity index (χ1n) is 6.12. The van der Waals surface area contributed by atoms with Crippen LogP contribution in [0.3, 0.4) is 0 Å². The number of nitrogens with one attached hydrogen (secondary N) is 1. The Hall–Kier alpha value is -0.750. The summed E-state index contributed by atoms with van der Waals surface area (Å²) in [5.74, 6) is 0. The second-order valence-corrected chi connectivity index (χ2v) is 5.95. The molecule has 18 heavy (non-hydrogen) atoms. The molecule has 1 aromatic carbocycles. The first kappa shape index (κ1) is 13.7. The molecule has 0 saturated heterocycles. The third kappa shape index (κ3) is 3.17.